The summed E-state index contributed by atoms with van der Waals surface area (Å²) >= 11 is 6.09. The summed E-state index contributed by atoms with van der Waals surface area (Å²) in [5, 5.41) is 3.68. The van der Waals surface area contributed by atoms with Gasteiger partial charge in [0.1, 0.15) is 11.8 Å². The van der Waals surface area contributed by atoms with Crippen molar-refractivity contribution >= 4 is 23.4 Å². The van der Waals surface area contributed by atoms with Crippen LogP contribution in [0.1, 0.15) is 43.4 Å². The van der Waals surface area contributed by atoms with E-state index in [0.717, 1.165) is 16.9 Å². The van der Waals surface area contributed by atoms with Crippen molar-refractivity contribution in [3.63, 3.8) is 0 Å². The van der Waals surface area contributed by atoms with Crippen molar-refractivity contribution < 1.29 is 14.3 Å². The largest absolute Gasteiger partial charge is 0.494 e. The highest BCUT2D eigenvalue weighted by Gasteiger charge is 2.30. The van der Waals surface area contributed by atoms with E-state index in [1.165, 1.54) is 5.56 Å². The molecular formula is C31H37ClN2O3. The Labute approximate surface area is 225 Å². The van der Waals surface area contributed by atoms with Gasteiger partial charge < -0.3 is 15.0 Å². The smallest absolute Gasteiger partial charge is 0.243 e. The quantitative estimate of drug-likeness (QED) is 0.272. The molecule has 0 aliphatic rings. The fourth-order valence-corrected chi connectivity index (χ4v) is 4.08. The Balaban J connectivity index is 1.77. The highest BCUT2D eigenvalue weighted by atomic mass is 35.5. The van der Waals surface area contributed by atoms with Crippen LogP contribution >= 0.6 is 11.6 Å². The maximum atomic E-state index is 13.6. The van der Waals surface area contributed by atoms with Crippen LogP contribution in [0.25, 0.3) is 0 Å². The second-order valence-electron chi connectivity index (χ2n) is 9.76. The number of carbonyl (C=O) groups excluding carboxylic acids is 2. The molecule has 0 unspecified atom stereocenters. The number of rotatable bonds is 13. The van der Waals surface area contributed by atoms with Crippen LogP contribution in [0, 0.1) is 12.8 Å². The van der Waals surface area contributed by atoms with E-state index in [1.54, 1.807) is 17.0 Å². The number of ether oxygens (including phenoxy) is 1. The number of nitrogens with one attached hydrogen (secondary N) is 1. The lowest BCUT2D eigenvalue weighted by Crippen LogP contribution is -2.51. The van der Waals surface area contributed by atoms with Crippen molar-refractivity contribution in [2.24, 2.45) is 5.92 Å². The second kappa shape index (κ2) is 14.4. The normalized spacial score (nSPS) is 11.7. The zero-order valence-electron chi connectivity index (χ0n) is 22.0. The molecule has 0 aliphatic heterocycles. The standard InChI is InChI=1S/C31H37ClN2O3/c1-23(2)21-33-31(36)29(20-25-8-5-4-6-9-25)34(22-26-13-15-27(32)16-14-26)30(35)10-7-19-37-28-17-11-24(3)12-18-28/h4-6,8-9,11-18,23,29H,7,10,19-22H2,1-3H3,(H,33,36)/t29-/m0/s1. The number of hydrogen-bond acceptors (Lipinski definition) is 3. The Morgan fingerprint density at radius 2 is 1.59 bits per heavy atom. The van der Waals surface area contributed by atoms with Crippen molar-refractivity contribution in [1.82, 2.24) is 10.2 Å². The van der Waals surface area contributed by atoms with Crippen LogP contribution in [0.2, 0.25) is 5.02 Å². The zero-order valence-corrected chi connectivity index (χ0v) is 22.7. The number of hydrogen-bond donors (Lipinski definition) is 1. The van der Waals surface area contributed by atoms with E-state index >= 15 is 0 Å². The summed E-state index contributed by atoms with van der Waals surface area (Å²) in [6, 6.07) is 24.5. The summed E-state index contributed by atoms with van der Waals surface area (Å²) in [6.07, 6.45) is 1.27. The summed E-state index contributed by atoms with van der Waals surface area (Å²) < 4.78 is 5.83. The molecule has 37 heavy (non-hydrogen) atoms. The average Bonchev–Trinajstić information content (AvgIpc) is 2.89. The van der Waals surface area contributed by atoms with Gasteiger partial charge in [0.05, 0.1) is 6.61 Å². The summed E-state index contributed by atoms with van der Waals surface area (Å²) in [6.45, 7) is 7.43. The van der Waals surface area contributed by atoms with Gasteiger partial charge in [-0.05, 0) is 54.7 Å². The first kappa shape index (κ1) is 28.3. The minimum atomic E-state index is -0.637. The molecule has 0 heterocycles. The van der Waals surface area contributed by atoms with E-state index < -0.39 is 6.04 Å². The maximum absolute atomic E-state index is 13.6. The van der Waals surface area contributed by atoms with E-state index in [1.807, 2.05) is 73.7 Å². The highest BCUT2D eigenvalue weighted by Crippen LogP contribution is 2.19. The van der Waals surface area contributed by atoms with Crippen molar-refractivity contribution in [1.29, 1.82) is 0 Å². The fraction of sp³-hybridized carbons (Fsp3) is 0.355. The molecular weight excluding hydrogens is 484 g/mol. The minimum absolute atomic E-state index is 0.0805. The monoisotopic (exact) mass is 520 g/mol. The van der Waals surface area contributed by atoms with Crippen molar-refractivity contribution in [2.75, 3.05) is 13.2 Å². The molecule has 2 amide bonds. The topological polar surface area (TPSA) is 58.6 Å². The first-order valence-electron chi connectivity index (χ1n) is 12.9. The van der Waals surface area contributed by atoms with Crippen molar-refractivity contribution in [3.05, 3.63) is 101 Å². The number of halogens is 1. The van der Waals surface area contributed by atoms with E-state index in [2.05, 4.69) is 19.2 Å². The summed E-state index contributed by atoms with van der Waals surface area (Å²) in [5.41, 5.74) is 3.09. The Hall–Kier alpha value is -3.31. The second-order valence-corrected chi connectivity index (χ2v) is 10.2. The fourth-order valence-electron chi connectivity index (χ4n) is 3.95. The lowest BCUT2D eigenvalue weighted by molar-refractivity contribution is -0.141. The molecule has 0 aromatic heterocycles. The third kappa shape index (κ3) is 9.58. The van der Waals surface area contributed by atoms with Gasteiger partial charge in [-0.25, -0.2) is 0 Å². The van der Waals surface area contributed by atoms with Crippen LogP contribution in [-0.2, 0) is 22.6 Å². The van der Waals surface area contributed by atoms with Crippen LogP contribution in [-0.4, -0.2) is 35.9 Å². The molecule has 3 aromatic carbocycles. The predicted octanol–water partition coefficient (Wildman–Crippen LogP) is 6.22. The van der Waals surface area contributed by atoms with Gasteiger partial charge in [-0.1, -0.05) is 85.6 Å². The maximum Gasteiger partial charge on any atom is 0.243 e. The van der Waals surface area contributed by atoms with E-state index in [0.29, 0.717) is 43.5 Å². The van der Waals surface area contributed by atoms with Gasteiger partial charge in [0, 0.05) is 31.0 Å². The van der Waals surface area contributed by atoms with Gasteiger partial charge in [0.15, 0.2) is 0 Å². The Morgan fingerprint density at radius 1 is 0.919 bits per heavy atom. The molecule has 0 saturated heterocycles. The first-order chi connectivity index (χ1) is 17.8. The average molecular weight is 521 g/mol. The van der Waals surface area contributed by atoms with E-state index in [9.17, 15) is 9.59 Å². The number of nitrogens with zero attached hydrogens (tertiary/aromatic N) is 1. The van der Waals surface area contributed by atoms with Gasteiger partial charge in [-0.15, -0.1) is 0 Å². The van der Waals surface area contributed by atoms with E-state index in [4.69, 9.17) is 16.3 Å². The molecule has 0 spiro atoms. The summed E-state index contributed by atoms with van der Waals surface area (Å²) in [5.74, 6) is 0.866. The molecule has 196 valence electrons. The van der Waals surface area contributed by atoms with Gasteiger partial charge in [-0.2, -0.15) is 0 Å². The zero-order chi connectivity index (χ0) is 26.6. The van der Waals surface area contributed by atoms with Crippen LogP contribution in [0.5, 0.6) is 5.75 Å². The molecule has 6 heteroatoms. The van der Waals surface area contributed by atoms with Gasteiger partial charge in [-0.3, -0.25) is 9.59 Å². The van der Waals surface area contributed by atoms with Crippen LogP contribution in [0.3, 0.4) is 0 Å². The Morgan fingerprint density at radius 3 is 2.24 bits per heavy atom. The first-order valence-corrected chi connectivity index (χ1v) is 13.2. The minimum Gasteiger partial charge on any atom is -0.494 e. The molecule has 0 fully saturated rings. The predicted molar refractivity (Wildman–Crippen MR) is 150 cm³/mol. The molecule has 0 aliphatic carbocycles. The third-order valence-electron chi connectivity index (χ3n) is 6.05. The Kier molecular flexibility index (Phi) is 11.0. The molecule has 5 nitrogen and oxygen atoms in total. The molecule has 0 saturated carbocycles. The highest BCUT2D eigenvalue weighted by molar-refractivity contribution is 6.30. The van der Waals surface area contributed by atoms with Crippen LogP contribution < -0.4 is 10.1 Å². The summed E-state index contributed by atoms with van der Waals surface area (Å²) in [4.78, 5) is 28.7. The number of aryl methyl sites for hydroxylation is 1. The molecule has 1 atom stereocenters. The van der Waals surface area contributed by atoms with Crippen molar-refractivity contribution in [3.8, 4) is 5.75 Å². The number of carbonyl (C=O) groups is 2. The molecule has 1 N–H and O–H groups in total. The lowest BCUT2D eigenvalue weighted by atomic mass is 10.0. The third-order valence-corrected chi connectivity index (χ3v) is 6.30. The van der Waals surface area contributed by atoms with Crippen LogP contribution in [0.4, 0.5) is 0 Å². The molecule has 0 bridgehead atoms. The SMILES string of the molecule is Cc1ccc(OCCCC(=O)N(Cc2ccc(Cl)cc2)[C@@H](Cc2ccccc2)C(=O)NCC(C)C)cc1. The van der Waals surface area contributed by atoms with Gasteiger partial charge in [0.2, 0.25) is 11.8 Å². The van der Waals surface area contributed by atoms with Gasteiger partial charge >= 0.3 is 0 Å². The van der Waals surface area contributed by atoms with Crippen LogP contribution in [0.15, 0.2) is 78.9 Å². The number of amides is 2. The molecule has 3 aromatic rings. The van der Waals surface area contributed by atoms with Crippen molar-refractivity contribution in [2.45, 2.75) is 52.6 Å². The summed E-state index contributed by atoms with van der Waals surface area (Å²) in [7, 11) is 0. The Bertz CT molecular complexity index is 1120. The van der Waals surface area contributed by atoms with E-state index in [-0.39, 0.29) is 18.2 Å². The van der Waals surface area contributed by atoms with Gasteiger partial charge in [0.25, 0.3) is 0 Å². The molecule has 3 rings (SSSR count). The molecule has 0 radical (unpaired) electrons. The lowest BCUT2D eigenvalue weighted by Gasteiger charge is -2.32. The number of benzene rings is 3.